The van der Waals surface area contributed by atoms with Crippen molar-refractivity contribution in [1.82, 2.24) is 5.32 Å². The Morgan fingerprint density at radius 2 is 1.86 bits per heavy atom. The fraction of sp³-hybridized carbons (Fsp3) is 0.529. The van der Waals surface area contributed by atoms with E-state index in [1.54, 1.807) is 31.2 Å². The zero-order valence-electron chi connectivity index (χ0n) is 13.0. The van der Waals surface area contributed by atoms with Gasteiger partial charge >= 0.3 is 5.97 Å². The lowest BCUT2D eigenvalue weighted by atomic mass is 9.89. The molecule has 2 rings (SSSR count). The molecule has 0 radical (unpaired) electrons. The number of ether oxygens (including phenoxy) is 1. The van der Waals surface area contributed by atoms with Gasteiger partial charge in [-0.3, -0.25) is 4.79 Å². The predicted octanol–water partition coefficient (Wildman–Crippen LogP) is 2.51. The first-order chi connectivity index (χ1) is 10.6. The number of esters is 1. The molecule has 0 aliphatic heterocycles. The Bertz CT molecular complexity index is 507. The van der Waals surface area contributed by atoms with Crippen LogP contribution in [0.3, 0.4) is 0 Å². The van der Waals surface area contributed by atoms with E-state index >= 15 is 0 Å². The number of carbonyl (C=O) groups is 2. The van der Waals surface area contributed by atoms with Crippen LogP contribution in [0.5, 0.6) is 0 Å². The van der Waals surface area contributed by atoms with Crippen LogP contribution in [-0.4, -0.2) is 24.5 Å². The molecule has 1 fully saturated rings. The van der Waals surface area contributed by atoms with Crippen LogP contribution in [-0.2, 0) is 9.53 Å². The number of carbonyl (C=O) groups excluding carboxylic acids is 2. The van der Waals surface area contributed by atoms with Crippen molar-refractivity contribution in [3.63, 3.8) is 0 Å². The Labute approximate surface area is 131 Å². The molecule has 0 heterocycles. The van der Waals surface area contributed by atoms with E-state index in [2.05, 4.69) is 5.32 Å². The Morgan fingerprint density at radius 3 is 2.50 bits per heavy atom. The van der Waals surface area contributed by atoms with Gasteiger partial charge in [0, 0.05) is 12.2 Å². The van der Waals surface area contributed by atoms with Crippen LogP contribution in [0.25, 0.3) is 0 Å². The summed E-state index contributed by atoms with van der Waals surface area (Å²) in [6.45, 7) is 2.26. The highest BCUT2D eigenvalue weighted by Crippen LogP contribution is 2.22. The number of nitrogens with two attached hydrogens (primary N) is 1. The molecule has 3 N–H and O–H groups in total. The normalized spacial score (nSPS) is 16.8. The molecule has 0 spiro atoms. The molecule has 120 valence electrons. The maximum absolute atomic E-state index is 12.0. The number of rotatable bonds is 5. The fourth-order valence-corrected chi connectivity index (χ4v) is 2.68. The van der Waals surface area contributed by atoms with Crippen molar-refractivity contribution in [2.24, 2.45) is 5.92 Å². The molecule has 0 unspecified atom stereocenters. The number of hydrogen-bond donors (Lipinski definition) is 2. The van der Waals surface area contributed by atoms with Crippen molar-refractivity contribution in [2.75, 3.05) is 12.3 Å². The third-order valence-electron chi connectivity index (χ3n) is 4.09. The van der Waals surface area contributed by atoms with E-state index in [0.29, 0.717) is 23.7 Å². The van der Waals surface area contributed by atoms with E-state index in [-0.39, 0.29) is 5.91 Å². The van der Waals surface area contributed by atoms with Crippen LogP contribution in [0, 0.1) is 5.92 Å². The van der Waals surface area contributed by atoms with E-state index < -0.39 is 12.1 Å². The zero-order valence-corrected chi connectivity index (χ0v) is 13.0. The Hall–Kier alpha value is -2.04. The minimum Gasteiger partial charge on any atom is -0.449 e. The van der Waals surface area contributed by atoms with Gasteiger partial charge in [0.2, 0.25) is 0 Å². The summed E-state index contributed by atoms with van der Waals surface area (Å²) in [4.78, 5) is 23.9. The van der Waals surface area contributed by atoms with Crippen LogP contribution >= 0.6 is 0 Å². The highest BCUT2D eigenvalue weighted by molar-refractivity contribution is 5.92. The predicted molar refractivity (Wildman–Crippen MR) is 85.3 cm³/mol. The Kier molecular flexibility index (Phi) is 5.81. The van der Waals surface area contributed by atoms with Crippen LogP contribution in [0.4, 0.5) is 5.69 Å². The van der Waals surface area contributed by atoms with Crippen molar-refractivity contribution in [1.29, 1.82) is 0 Å². The third kappa shape index (κ3) is 4.76. The number of amides is 1. The lowest BCUT2D eigenvalue weighted by Crippen LogP contribution is -2.38. The molecule has 5 heteroatoms. The number of hydrogen-bond acceptors (Lipinski definition) is 4. The molecule has 1 atom stereocenters. The number of nitrogen functional groups attached to an aromatic ring is 1. The number of anilines is 1. The maximum atomic E-state index is 12.0. The summed E-state index contributed by atoms with van der Waals surface area (Å²) < 4.78 is 5.19. The van der Waals surface area contributed by atoms with Crippen LogP contribution in [0.15, 0.2) is 24.3 Å². The molecular formula is C17H24N2O3. The van der Waals surface area contributed by atoms with E-state index in [9.17, 15) is 9.59 Å². The zero-order chi connectivity index (χ0) is 15.9. The van der Waals surface area contributed by atoms with Crippen LogP contribution in [0.1, 0.15) is 49.4 Å². The second-order valence-corrected chi connectivity index (χ2v) is 5.92. The molecule has 0 bridgehead atoms. The van der Waals surface area contributed by atoms with Gasteiger partial charge < -0.3 is 15.8 Å². The summed E-state index contributed by atoms with van der Waals surface area (Å²) in [5, 5.41) is 2.88. The minimum atomic E-state index is -0.798. The van der Waals surface area contributed by atoms with Gasteiger partial charge in [-0.25, -0.2) is 4.79 Å². The maximum Gasteiger partial charge on any atom is 0.338 e. The topological polar surface area (TPSA) is 81.4 Å². The molecule has 1 aliphatic carbocycles. The van der Waals surface area contributed by atoms with E-state index in [1.165, 1.54) is 32.1 Å². The van der Waals surface area contributed by atoms with Crippen LogP contribution in [0.2, 0.25) is 0 Å². The Balaban J connectivity index is 1.77. The number of benzene rings is 1. The van der Waals surface area contributed by atoms with Gasteiger partial charge in [0.15, 0.2) is 6.10 Å². The van der Waals surface area contributed by atoms with Gasteiger partial charge in [-0.1, -0.05) is 19.3 Å². The Morgan fingerprint density at radius 1 is 1.23 bits per heavy atom. The summed E-state index contributed by atoms with van der Waals surface area (Å²) in [6, 6.07) is 6.43. The van der Waals surface area contributed by atoms with E-state index in [0.717, 1.165) is 0 Å². The quantitative estimate of drug-likeness (QED) is 0.647. The van der Waals surface area contributed by atoms with E-state index in [4.69, 9.17) is 10.5 Å². The van der Waals surface area contributed by atoms with Gasteiger partial charge in [-0.15, -0.1) is 0 Å². The molecule has 1 aromatic rings. The number of nitrogens with one attached hydrogen (secondary N) is 1. The molecular weight excluding hydrogens is 280 g/mol. The first-order valence-electron chi connectivity index (χ1n) is 7.90. The molecule has 1 saturated carbocycles. The highest BCUT2D eigenvalue weighted by Gasteiger charge is 2.20. The second kappa shape index (κ2) is 7.82. The molecule has 22 heavy (non-hydrogen) atoms. The highest BCUT2D eigenvalue weighted by atomic mass is 16.5. The molecule has 5 nitrogen and oxygen atoms in total. The summed E-state index contributed by atoms with van der Waals surface area (Å²) in [7, 11) is 0. The molecule has 1 amide bonds. The second-order valence-electron chi connectivity index (χ2n) is 5.92. The van der Waals surface area contributed by atoms with Gasteiger partial charge in [0.25, 0.3) is 5.91 Å². The molecule has 0 saturated heterocycles. The lowest BCUT2D eigenvalue weighted by Gasteiger charge is -2.22. The smallest absolute Gasteiger partial charge is 0.338 e. The van der Waals surface area contributed by atoms with E-state index in [1.807, 2.05) is 0 Å². The van der Waals surface area contributed by atoms with Crippen molar-refractivity contribution in [2.45, 2.75) is 45.1 Å². The van der Waals surface area contributed by atoms with Gasteiger partial charge in [-0.05, 0) is 49.9 Å². The molecule has 1 aromatic carbocycles. The van der Waals surface area contributed by atoms with Gasteiger partial charge in [0.05, 0.1) is 5.56 Å². The first kappa shape index (κ1) is 16.3. The summed E-state index contributed by atoms with van der Waals surface area (Å²) in [5.74, 6) is -0.201. The standard InChI is InChI=1S/C17H24N2O3/c1-12(16(20)19-11-13-5-3-2-4-6-13)22-17(21)14-7-9-15(18)10-8-14/h7-10,12-13H,2-6,11,18H2,1H3,(H,19,20)/t12-/m0/s1. The lowest BCUT2D eigenvalue weighted by molar-refractivity contribution is -0.129. The first-order valence-corrected chi connectivity index (χ1v) is 7.90. The van der Waals surface area contributed by atoms with Crippen molar-refractivity contribution in [3.05, 3.63) is 29.8 Å². The molecule has 0 aromatic heterocycles. The van der Waals surface area contributed by atoms with Crippen LogP contribution < -0.4 is 11.1 Å². The largest absolute Gasteiger partial charge is 0.449 e. The fourth-order valence-electron chi connectivity index (χ4n) is 2.68. The van der Waals surface area contributed by atoms with Gasteiger partial charge in [-0.2, -0.15) is 0 Å². The average molecular weight is 304 g/mol. The SMILES string of the molecule is C[C@H](OC(=O)c1ccc(N)cc1)C(=O)NCC1CCCCC1. The van der Waals surface area contributed by atoms with Crippen molar-refractivity contribution in [3.8, 4) is 0 Å². The summed E-state index contributed by atoms with van der Waals surface area (Å²) in [5.41, 5.74) is 6.54. The molecule has 1 aliphatic rings. The summed E-state index contributed by atoms with van der Waals surface area (Å²) >= 11 is 0. The monoisotopic (exact) mass is 304 g/mol. The van der Waals surface area contributed by atoms with Gasteiger partial charge in [0.1, 0.15) is 0 Å². The van der Waals surface area contributed by atoms with Crippen molar-refractivity contribution < 1.29 is 14.3 Å². The van der Waals surface area contributed by atoms with Crippen molar-refractivity contribution >= 4 is 17.6 Å². The minimum absolute atomic E-state index is 0.241. The average Bonchev–Trinajstić information content (AvgIpc) is 2.54. The summed E-state index contributed by atoms with van der Waals surface area (Å²) in [6.07, 6.45) is 5.30. The third-order valence-corrected chi connectivity index (χ3v) is 4.09.